The third kappa shape index (κ3) is 3.47. The van der Waals surface area contributed by atoms with Crippen molar-refractivity contribution in [2.24, 2.45) is 0 Å². The van der Waals surface area contributed by atoms with Crippen molar-refractivity contribution in [3.8, 4) is 0 Å². The second-order valence-corrected chi connectivity index (χ2v) is 3.43. The molecule has 0 saturated heterocycles. The summed E-state index contributed by atoms with van der Waals surface area (Å²) in [5, 5.41) is 12.1. The zero-order valence-electron chi connectivity index (χ0n) is 8.25. The number of aliphatic hydroxyl groups is 1. The van der Waals surface area contributed by atoms with E-state index in [0.717, 1.165) is 12.1 Å². The number of aliphatic hydroxyl groups excluding tert-OH is 1. The highest BCUT2D eigenvalue weighted by atomic mass is 16.3. The number of aryl methyl sites for hydroxylation is 1. The molecule has 1 atom stereocenters. The van der Waals surface area contributed by atoms with E-state index in [1.165, 1.54) is 5.56 Å². The van der Waals surface area contributed by atoms with Gasteiger partial charge in [-0.05, 0) is 38.0 Å². The maximum Gasteiger partial charge on any atom is 0.0450 e. The summed E-state index contributed by atoms with van der Waals surface area (Å²) < 4.78 is 0. The van der Waals surface area contributed by atoms with Crippen molar-refractivity contribution in [2.45, 2.75) is 26.3 Å². The Hall–Kier alpha value is -1.02. The van der Waals surface area contributed by atoms with Crippen LogP contribution in [0.2, 0.25) is 0 Å². The number of rotatable bonds is 4. The van der Waals surface area contributed by atoms with Crippen LogP contribution in [0, 0.1) is 6.92 Å². The van der Waals surface area contributed by atoms with Gasteiger partial charge in [-0.3, -0.25) is 0 Å². The molecule has 0 fully saturated rings. The van der Waals surface area contributed by atoms with Gasteiger partial charge in [0.1, 0.15) is 0 Å². The first-order valence-electron chi connectivity index (χ1n) is 4.66. The first-order chi connectivity index (χ1) is 6.22. The van der Waals surface area contributed by atoms with Crippen LogP contribution in [-0.2, 0) is 0 Å². The van der Waals surface area contributed by atoms with Gasteiger partial charge in [0.25, 0.3) is 0 Å². The maximum atomic E-state index is 8.73. The molecule has 0 amide bonds. The number of anilines is 1. The van der Waals surface area contributed by atoms with Crippen molar-refractivity contribution in [3.63, 3.8) is 0 Å². The summed E-state index contributed by atoms with van der Waals surface area (Å²) in [7, 11) is 0. The van der Waals surface area contributed by atoms with Crippen LogP contribution in [-0.4, -0.2) is 17.8 Å². The summed E-state index contributed by atoms with van der Waals surface area (Å²) in [6, 6.07) is 8.58. The van der Waals surface area contributed by atoms with Crippen molar-refractivity contribution in [2.75, 3.05) is 11.9 Å². The minimum Gasteiger partial charge on any atom is -0.396 e. The molecule has 0 bridgehead atoms. The molecule has 2 nitrogen and oxygen atoms in total. The predicted molar refractivity (Wildman–Crippen MR) is 56.0 cm³/mol. The van der Waals surface area contributed by atoms with Gasteiger partial charge in [-0.2, -0.15) is 0 Å². The molecule has 1 aromatic carbocycles. The van der Waals surface area contributed by atoms with Crippen LogP contribution < -0.4 is 5.32 Å². The lowest BCUT2D eigenvalue weighted by atomic mass is 10.2. The topological polar surface area (TPSA) is 32.3 Å². The molecule has 13 heavy (non-hydrogen) atoms. The minimum absolute atomic E-state index is 0.236. The second-order valence-electron chi connectivity index (χ2n) is 3.43. The summed E-state index contributed by atoms with van der Waals surface area (Å²) in [4.78, 5) is 0. The van der Waals surface area contributed by atoms with Gasteiger partial charge in [0.05, 0.1) is 0 Å². The molecule has 1 unspecified atom stereocenters. The molecular formula is C11H17NO. The van der Waals surface area contributed by atoms with Gasteiger partial charge in [0.2, 0.25) is 0 Å². The molecule has 0 radical (unpaired) electrons. The Morgan fingerprint density at radius 1 is 1.46 bits per heavy atom. The van der Waals surface area contributed by atoms with Crippen LogP contribution in [0.5, 0.6) is 0 Å². The van der Waals surface area contributed by atoms with E-state index in [1.54, 1.807) is 0 Å². The quantitative estimate of drug-likeness (QED) is 0.742. The molecule has 0 aliphatic carbocycles. The van der Waals surface area contributed by atoms with E-state index in [0.29, 0.717) is 6.04 Å². The normalized spacial score (nSPS) is 12.5. The van der Waals surface area contributed by atoms with Crippen LogP contribution in [0.25, 0.3) is 0 Å². The fourth-order valence-corrected chi connectivity index (χ4v) is 1.29. The van der Waals surface area contributed by atoms with E-state index in [9.17, 15) is 0 Å². The molecule has 72 valence electrons. The second kappa shape index (κ2) is 4.87. The fourth-order valence-electron chi connectivity index (χ4n) is 1.29. The number of benzene rings is 1. The number of hydrogen-bond acceptors (Lipinski definition) is 2. The van der Waals surface area contributed by atoms with E-state index in [4.69, 9.17) is 5.11 Å². The van der Waals surface area contributed by atoms with E-state index in [1.807, 2.05) is 12.1 Å². The Morgan fingerprint density at radius 2 is 2.23 bits per heavy atom. The lowest BCUT2D eigenvalue weighted by Gasteiger charge is -2.13. The van der Waals surface area contributed by atoms with E-state index in [-0.39, 0.29) is 6.61 Å². The molecular weight excluding hydrogens is 162 g/mol. The molecule has 0 aliphatic rings. The number of nitrogens with one attached hydrogen (secondary N) is 1. The summed E-state index contributed by atoms with van der Waals surface area (Å²) in [5.74, 6) is 0. The van der Waals surface area contributed by atoms with Gasteiger partial charge in [-0.1, -0.05) is 12.1 Å². The highest BCUT2D eigenvalue weighted by Gasteiger charge is 1.99. The third-order valence-corrected chi connectivity index (χ3v) is 1.99. The van der Waals surface area contributed by atoms with Crippen LogP contribution in [0.4, 0.5) is 5.69 Å². The molecule has 1 aromatic rings. The van der Waals surface area contributed by atoms with Gasteiger partial charge in [-0.25, -0.2) is 0 Å². The van der Waals surface area contributed by atoms with Gasteiger partial charge in [0, 0.05) is 18.3 Å². The van der Waals surface area contributed by atoms with Crippen molar-refractivity contribution in [3.05, 3.63) is 29.8 Å². The smallest absolute Gasteiger partial charge is 0.0450 e. The van der Waals surface area contributed by atoms with E-state index < -0.39 is 0 Å². The standard InChI is InChI=1S/C11H17NO/c1-9-4-3-5-11(8-9)12-10(2)6-7-13/h3-5,8,10,12-13H,6-7H2,1-2H3. The summed E-state index contributed by atoms with van der Waals surface area (Å²) in [5.41, 5.74) is 2.38. The lowest BCUT2D eigenvalue weighted by Crippen LogP contribution is -2.16. The molecule has 0 aromatic heterocycles. The average Bonchev–Trinajstić information content (AvgIpc) is 2.04. The Bertz CT molecular complexity index is 260. The van der Waals surface area contributed by atoms with Crippen molar-refractivity contribution in [1.29, 1.82) is 0 Å². The first kappa shape index (κ1) is 10.1. The van der Waals surface area contributed by atoms with Crippen LogP contribution in [0.3, 0.4) is 0 Å². The molecule has 0 aliphatic heterocycles. The van der Waals surface area contributed by atoms with Gasteiger partial charge < -0.3 is 10.4 Å². The fraction of sp³-hybridized carbons (Fsp3) is 0.455. The number of hydrogen-bond donors (Lipinski definition) is 2. The van der Waals surface area contributed by atoms with Crippen molar-refractivity contribution < 1.29 is 5.11 Å². The van der Waals surface area contributed by atoms with Gasteiger partial charge in [0.15, 0.2) is 0 Å². The molecule has 0 spiro atoms. The molecule has 1 rings (SSSR count). The zero-order valence-corrected chi connectivity index (χ0v) is 8.25. The Labute approximate surface area is 79.6 Å². The van der Waals surface area contributed by atoms with E-state index >= 15 is 0 Å². The average molecular weight is 179 g/mol. The summed E-state index contributed by atoms with van der Waals surface area (Å²) in [6.45, 7) is 4.38. The van der Waals surface area contributed by atoms with Gasteiger partial charge in [-0.15, -0.1) is 0 Å². The highest BCUT2D eigenvalue weighted by molar-refractivity contribution is 5.45. The maximum absolute atomic E-state index is 8.73. The van der Waals surface area contributed by atoms with Crippen LogP contribution in [0.1, 0.15) is 18.9 Å². The molecule has 2 heteroatoms. The van der Waals surface area contributed by atoms with Crippen molar-refractivity contribution >= 4 is 5.69 Å². The summed E-state index contributed by atoms with van der Waals surface area (Å²) >= 11 is 0. The largest absolute Gasteiger partial charge is 0.396 e. The highest BCUT2D eigenvalue weighted by Crippen LogP contribution is 2.11. The van der Waals surface area contributed by atoms with Crippen LogP contribution in [0.15, 0.2) is 24.3 Å². The lowest BCUT2D eigenvalue weighted by molar-refractivity contribution is 0.282. The monoisotopic (exact) mass is 179 g/mol. The SMILES string of the molecule is Cc1cccc(NC(C)CCO)c1. The van der Waals surface area contributed by atoms with Gasteiger partial charge >= 0.3 is 0 Å². The minimum atomic E-state index is 0.236. The Kier molecular flexibility index (Phi) is 3.77. The Morgan fingerprint density at radius 3 is 2.85 bits per heavy atom. The third-order valence-electron chi connectivity index (χ3n) is 1.99. The Balaban J connectivity index is 2.53. The molecule has 2 N–H and O–H groups in total. The molecule has 0 heterocycles. The van der Waals surface area contributed by atoms with E-state index in [2.05, 4.69) is 31.3 Å². The molecule has 0 saturated carbocycles. The first-order valence-corrected chi connectivity index (χ1v) is 4.66. The summed E-state index contributed by atoms with van der Waals surface area (Å²) in [6.07, 6.45) is 0.786. The predicted octanol–water partition coefficient (Wildman–Crippen LogP) is 2.18. The van der Waals surface area contributed by atoms with Crippen LogP contribution >= 0.6 is 0 Å². The zero-order chi connectivity index (χ0) is 9.68. The van der Waals surface area contributed by atoms with Crippen molar-refractivity contribution in [1.82, 2.24) is 0 Å².